The maximum atomic E-state index is 4.83. The van der Waals surface area contributed by atoms with Crippen LogP contribution >= 0.6 is 0 Å². The summed E-state index contributed by atoms with van der Waals surface area (Å²) in [5.74, 6) is 2.32. The van der Waals surface area contributed by atoms with E-state index in [4.69, 9.17) is 6.42 Å². The van der Waals surface area contributed by atoms with Crippen LogP contribution in [0, 0.1) is 18.8 Å². The van der Waals surface area contributed by atoms with Gasteiger partial charge in [0, 0.05) is 7.11 Å². The molecule has 0 amide bonds. The van der Waals surface area contributed by atoms with Crippen molar-refractivity contribution in [3.8, 4) is 12.3 Å². The summed E-state index contributed by atoms with van der Waals surface area (Å²) in [7, 11) is 1.60. The fourth-order valence-electron chi connectivity index (χ4n) is 0.131. The van der Waals surface area contributed by atoms with Gasteiger partial charge in [0.25, 0.3) is 0 Å². The van der Waals surface area contributed by atoms with E-state index in [1.54, 1.807) is 13.5 Å². The molecule has 33 valence electrons. The largest absolute Gasteiger partial charge is 0.383 e. The molecule has 0 bridgehead atoms. The highest BCUT2D eigenvalue weighted by Gasteiger charge is 1.71. The number of methoxy groups -OCH3 is 1. The summed E-state index contributed by atoms with van der Waals surface area (Å²) in [5.41, 5.74) is 0. The Morgan fingerprint density at radius 2 is 2.67 bits per heavy atom. The summed E-state index contributed by atoms with van der Waals surface area (Å²) in [5, 5.41) is 0. The third-order valence-electron chi connectivity index (χ3n) is 0.368. The molecule has 0 saturated carbocycles. The molecule has 0 aliphatic heterocycles. The van der Waals surface area contributed by atoms with Crippen molar-refractivity contribution in [1.82, 2.24) is 0 Å². The minimum Gasteiger partial charge on any atom is -0.383 e. The van der Waals surface area contributed by atoms with Gasteiger partial charge in [-0.3, -0.25) is 0 Å². The first kappa shape index (κ1) is 5.52. The normalized spacial score (nSPS) is 7.33. The molecule has 0 aromatic carbocycles. The monoisotopic (exact) mass is 83.0 g/mol. The smallest absolute Gasteiger partial charge is 0.0612 e. The van der Waals surface area contributed by atoms with E-state index in [0.717, 1.165) is 0 Å². The molecule has 0 unspecified atom stereocenters. The predicted molar refractivity (Wildman–Crippen MR) is 25.0 cm³/mol. The van der Waals surface area contributed by atoms with Crippen molar-refractivity contribution in [3.05, 3.63) is 6.42 Å². The highest BCUT2D eigenvalue weighted by molar-refractivity contribution is 5.00. The van der Waals surface area contributed by atoms with Crippen LogP contribution in [-0.2, 0) is 4.74 Å². The highest BCUT2D eigenvalue weighted by atomic mass is 16.5. The summed E-state index contributed by atoms with van der Waals surface area (Å²) in [6.07, 6.45) is 6.44. The maximum absolute atomic E-state index is 4.83. The van der Waals surface area contributed by atoms with Crippen LogP contribution in [0.3, 0.4) is 0 Å². The van der Waals surface area contributed by atoms with Gasteiger partial charge >= 0.3 is 0 Å². The van der Waals surface area contributed by atoms with Gasteiger partial charge < -0.3 is 4.74 Å². The van der Waals surface area contributed by atoms with Crippen LogP contribution in [0.1, 0.15) is 0 Å². The van der Waals surface area contributed by atoms with Crippen LogP contribution in [0.2, 0.25) is 0 Å². The van der Waals surface area contributed by atoms with E-state index in [-0.39, 0.29) is 0 Å². The molecular weight excluding hydrogens is 76.1 g/mol. The van der Waals surface area contributed by atoms with Gasteiger partial charge in [0.2, 0.25) is 0 Å². The first-order chi connectivity index (χ1) is 2.91. The lowest BCUT2D eigenvalue weighted by atomic mass is 10.5. The molecule has 1 heteroatoms. The molecule has 0 rings (SSSR count). The Kier molecular flexibility index (Phi) is 4.16. The van der Waals surface area contributed by atoms with E-state index in [2.05, 4.69) is 10.7 Å². The van der Waals surface area contributed by atoms with Gasteiger partial charge in [-0.15, -0.1) is 6.42 Å². The lowest BCUT2D eigenvalue weighted by molar-refractivity contribution is 0.227. The Balaban J connectivity index is 2.54. The zero-order valence-electron chi connectivity index (χ0n) is 3.77. The van der Waals surface area contributed by atoms with Gasteiger partial charge in [0.15, 0.2) is 0 Å². The molecule has 0 saturated heterocycles. The van der Waals surface area contributed by atoms with E-state index in [0.29, 0.717) is 6.61 Å². The summed E-state index contributed by atoms with van der Waals surface area (Å²) < 4.78 is 4.58. The molecule has 0 aromatic heterocycles. The molecule has 0 heterocycles. The average Bonchev–Trinajstić information content (AvgIpc) is 1.61. The summed E-state index contributed by atoms with van der Waals surface area (Å²) in [6.45, 7) is 0.552. The van der Waals surface area contributed by atoms with Crippen molar-refractivity contribution in [2.24, 2.45) is 0 Å². The Labute approximate surface area is 38.3 Å². The standard InChI is InChI=1S/C5H7O/c1-3-4-5-6-2/h1,4H,5H2,2H3. The third kappa shape index (κ3) is 3.52. The second-order valence-electron chi connectivity index (χ2n) is 0.826. The number of hydrogen-bond acceptors (Lipinski definition) is 1. The van der Waals surface area contributed by atoms with E-state index >= 15 is 0 Å². The third-order valence-corrected chi connectivity index (χ3v) is 0.368. The number of terminal acetylenes is 1. The number of ether oxygens (including phenoxy) is 1. The Hall–Kier alpha value is -0.480. The molecule has 0 spiro atoms. The average molecular weight is 83.1 g/mol. The molecule has 1 nitrogen and oxygen atoms in total. The Morgan fingerprint density at radius 1 is 2.00 bits per heavy atom. The van der Waals surface area contributed by atoms with Crippen molar-refractivity contribution in [3.63, 3.8) is 0 Å². The van der Waals surface area contributed by atoms with Crippen LogP contribution < -0.4 is 0 Å². The van der Waals surface area contributed by atoms with Crippen LogP contribution in [0.15, 0.2) is 0 Å². The zero-order valence-corrected chi connectivity index (χ0v) is 3.77. The van der Waals surface area contributed by atoms with E-state index in [1.165, 1.54) is 0 Å². The predicted octanol–water partition coefficient (Wildman–Crippen LogP) is 0.470. The molecule has 0 aliphatic rings. The van der Waals surface area contributed by atoms with Crippen LogP contribution in [-0.4, -0.2) is 13.7 Å². The summed E-state index contributed by atoms with van der Waals surface area (Å²) in [6, 6.07) is 0. The molecule has 1 radical (unpaired) electrons. The number of rotatable bonds is 2. The molecule has 6 heavy (non-hydrogen) atoms. The van der Waals surface area contributed by atoms with Gasteiger partial charge in [-0.25, -0.2) is 0 Å². The van der Waals surface area contributed by atoms with Crippen LogP contribution in [0.5, 0.6) is 0 Å². The molecule has 0 N–H and O–H groups in total. The lowest BCUT2D eigenvalue weighted by Crippen LogP contribution is -1.83. The SMILES string of the molecule is C#C[CH]COC. The van der Waals surface area contributed by atoms with Gasteiger partial charge in [-0.2, -0.15) is 0 Å². The Bertz CT molecular complexity index is 51.4. The molecular formula is C5H7O. The second kappa shape index (κ2) is 4.52. The molecule has 0 aliphatic carbocycles. The second-order valence-corrected chi connectivity index (χ2v) is 0.826. The van der Waals surface area contributed by atoms with Gasteiger partial charge in [-0.05, 0) is 0 Å². The molecule has 0 atom stereocenters. The highest BCUT2D eigenvalue weighted by Crippen LogP contribution is 1.69. The number of hydrogen-bond donors (Lipinski definition) is 0. The fraction of sp³-hybridized carbons (Fsp3) is 0.400. The van der Waals surface area contributed by atoms with E-state index in [9.17, 15) is 0 Å². The summed E-state index contributed by atoms with van der Waals surface area (Å²) >= 11 is 0. The first-order valence-electron chi connectivity index (χ1n) is 1.68. The minimum atomic E-state index is 0.552. The van der Waals surface area contributed by atoms with Crippen molar-refractivity contribution in [2.45, 2.75) is 0 Å². The quantitative estimate of drug-likeness (QED) is 0.348. The first-order valence-corrected chi connectivity index (χ1v) is 1.68. The fourth-order valence-corrected chi connectivity index (χ4v) is 0.131. The van der Waals surface area contributed by atoms with E-state index in [1.807, 2.05) is 0 Å². The van der Waals surface area contributed by atoms with Crippen molar-refractivity contribution in [1.29, 1.82) is 0 Å². The topological polar surface area (TPSA) is 9.23 Å². The lowest BCUT2D eigenvalue weighted by Gasteiger charge is -1.83. The van der Waals surface area contributed by atoms with Crippen LogP contribution in [0.25, 0.3) is 0 Å². The maximum Gasteiger partial charge on any atom is 0.0612 e. The van der Waals surface area contributed by atoms with Gasteiger partial charge in [0.05, 0.1) is 13.0 Å². The van der Waals surface area contributed by atoms with Crippen molar-refractivity contribution < 1.29 is 4.74 Å². The molecule has 0 aromatic rings. The molecule has 0 fully saturated rings. The van der Waals surface area contributed by atoms with Crippen molar-refractivity contribution in [2.75, 3.05) is 13.7 Å². The summed E-state index contributed by atoms with van der Waals surface area (Å²) in [4.78, 5) is 0. The van der Waals surface area contributed by atoms with E-state index < -0.39 is 0 Å². The minimum absolute atomic E-state index is 0.552. The Morgan fingerprint density at radius 3 is 2.83 bits per heavy atom. The van der Waals surface area contributed by atoms with Crippen LogP contribution in [0.4, 0.5) is 0 Å². The van der Waals surface area contributed by atoms with Gasteiger partial charge in [0.1, 0.15) is 0 Å². The van der Waals surface area contributed by atoms with Gasteiger partial charge in [-0.1, -0.05) is 5.92 Å². The van der Waals surface area contributed by atoms with Crippen molar-refractivity contribution >= 4 is 0 Å². The zero-order chi connectivity index (χ0) is 4.83.